The van der Waals surface area contributed by atoms with Crippen molar-refractivity contribution in [2.24, 2.45) is 0 Å². The highest BCUT2D eigenvalue weighted by molar-refractivity contribution is 5.92. The van der Waals surface area contributed by atoms with Crippen LogP contribution in [0.3, 0.4) is 0 Å². The SMILES string of the molecule is Cc1cc(C(=O)NC2CCCC2)n[nH]1. The fraction of sp³-hybridized carbons (Fsp3) is 0.600. The summed E-state index contributed by atoms with van der Waals surface area (Å²) in [4.78, 5) is 11.6. The van der Waals surface area contributed by atoms with Gasteiger partial charge in [-0.2, -0.15) is 5.10 Å². The zero-order valence-corrected chi connectivity index (χ0v) is 8.34. The summed E-state index contributed by atoms with van der Waals surface area (Å²) in [5, 5.41) is 9.67. The molecule has 4 nitrogen and oxygen atoms in total. The third-order valence-electron chi connectivity index (χ3n) is 2.63. The van der Waals surface area contributed by atoms with Gasteiger partial charge in [0.1, 0.15) is 5.69 Å². The van der Waals surface area contributed by atoms with Crippen LogP contribution in [0.2, 0.25) is 0 Å². The number of hydrogen-bond donors (Lipinski definition) is 2. The first-order valence-corrected chi connectivity index (χ1v) is 5.08. The Hall–Kier alpha value is -1.32. The van der Waals surface area contributed by atoms with Crippen molar-refractivity contribution in [2.75, 3.05) is 0 Å². The Morgan fingerprint density at radius 1 is 1.57 bits per heavy atom. The highest BCUT2D eigenvalue weighted by Crippen LogP contribution is 2.17. The molecular weight excluding hydrogens is 178 g/mol. The number of hydrogen-bond acceptors (Lipinski definition) is 2. The molecule has 1 amide bonds. The first-order valence-electron chi connectivity index (χ1n) is 5.08. The van der Waals surface area contributed by atoms with Crippen molar-refractivity contribution < 1.29 is 4.79 Å². The fourth-order valence-electron chi connectivity index (χ4n) is 1.86. The van der Waals surface area contributed by atoms with E-state index >= 15 is 0 Å². The number of nitrogens with zero attached hydrogens (tertiary/aromatic N) is 1. The molecule has 1 fully saturated rings. The Morgan fingerprint density at radius 3 is 2.86 bits per heavy atom. The summed E-state index contributed by atoms with van der Waals surface area (Å²) in [6.45, 7) is 1.89. The van der Waals surface area contributed by atoms with Gasteiger partial charge in [-0.3, -0.25) is 9.89 Å². The molecule has 1 aromatic rings. The van der Waals surface area contributed by atoms with Crippen LogP contribution in [-0.4, -0.2) is 22.1 Å². The number of H-pyrrole nitrogens is 1. The lowest BCUT2D eigenvalue weighted by Crippen LogP contribution is -2.32. The van der Waals surface area contributed by atoms with E-state index in [4.69, 9.17) is 0 Å². The van der Waals surface area contributed by atoms with Gasteiger partial charge in [-0.05, 0) is 25.8 Å². The van der Waals surface area contributed by atoms with Crippen LogP contribution in [0.25, 0.3) is 0 Å². The zero-order chi connectivity index (χ0) is 9.97. The van der Waals surface area contributed by atoms with Gasteiger partial charge >= 0.3 is 0 Å². The molecule has 76 valence electrons. The zero-order valence-electron chi connectivity index (χ0n) is 8.34. The lowest BCUT2D eigenvalue weighted by Gasteiger charge is -2.09. The Balaban J connectivity index is 1.95. The molecule has 4 heteroatoms. The second-order valence-electron chi connectivity index (χ2n) is 3.89. The van der Waals surface area contributed by atoms with Crippen LogP contribution in [0.15, 0.2) is 6.07 Å². The van der Waals surface area contributed by atoms with E-state index < -0.39 is 0 Å². The number of nitrogens with one attached hydrogen (secondary N) is 2. The van der Waals surface area contributed by atoms with Crippen LogP contribution in [0.5, 0.6) is 0 Å². The lowest BCUT2D eigenvalue weighted by molar-refractivity contribution is 0.0933. The largest absolute Gasteiger partial charge is 0.348 e. The molecule has 1 aliphatic rings. The second kappa shape index (κ2) is 3.82. The second-order valence-corrected chi connectivity index (χ2v) is 3.89. The lowest BCUT2D eigenvalue weighted by atomic mass is 10.2. The number of aromatic amines is 1. The molecule has 0 radical (unpaired) electrons. The van der Waals surface area contributed by atoms with Crippen molar-refractivity contribution in [3.8, 4) is 0 Å². The fourth-order valence-corrected chi connectivity index (χ4v) is 1.86. The minimum Gasteiger partial charge on any atom is -0.348 e. The summed E-state index contributed by atoms with van der Waals surface area (Å²) in [5.41, 5.74) is 1.41. The van der Waals surface area contributed by atoms with Crippen LogP contribution >= 0.6 is 0 Å². The maximum Gasteiger partial charge on any atom is 0.271 e. The van der Waals surface area contributed by atoms with Gasteiger partial charge < -0.3 is 5.32 Å². The Labute approximate surface area is 83.1 Å². The summed E-state index contributed by atoms with van der Waals surface area (Å²) in [5.74, 6) is -0.0544. The highest BCUT2D eigenvalue weighted by atomic mass is 16.2. The van der Waals surface area contributed by atoms with E-state index in [2.05, 4.69) is 15.5 Å². The van der Waals surface area contributed by atoms with Crippen LogP contribution in [-0.2, 0) is 0 Å². The van der Waals surface area contributed by atoms with E-state index in [0.29, 0.717) is 11.7 Å². The molecule has 0 saturated heterocycles. The molecule has 0 unspecified atom stereocenters. The van der Waals surface area contributed by atoms with E-state index in [9.17, 15) is 4.79 Å². The summed E-state index contributed by atoms with van der Waals surface area (Å²) in [7, 11) is 0. The average molecular weight is 193 g/mol. The molecule has 1 aliphatic carbocycles. The van der Waals surface area contributed by atoms with Gasteiger partial charge in [0, 0.05) is 11.7 Å². The molecule has 0 spiro atoms. The average Bonchev–Trinajstić information content (AvgIpc) is 2.75. The van der Waals surface area contributed by atoms with Crippen molar-refractivity contribution >= 4 is 5.91 Å². The molecule has 0 aliphatic heterocycles. The van der Waals surface area contributed by atoms with Gasteiger partial charge in [0.25, 0.3) is 5.91 Å². The summed E-state index contributed by atoms with van der Waals surface area (Å²) in [6.07, 6.45) is 4.67. The number of amides is 1. The third kappa shape index (κ3) is 1.95. The van der Waals surface area contributed by atoms with Crippen molar-refractivity contribution in [3.05, 3.63) is 17.5 Å². The van der Waals surface area contributed by atoms with Crippen molar-refractivity contribution in [1.29, 1.82) is 0 Å². The third-order valence-corrected chi connectivity index (χ3v) is 2.63. The van der Waals surface area contributed by atoms with Crippen LogP contribution in [0, 0.1) is 6.92 Å². The maximum atomic E-state index is 11.6. The topological polar surface area (TPSA) is 57.8 Å². The van der Waals surface area contributed by atoms with Gasteiger partial charge in [0.2, 0.25) is 0 Å². The molecule has 2 N–H and O–H groups in total. The molecule has 0 atom stereocenters. The monoisotopic (exact) mass is 193 g/mol. The number of carbonyl (C=O) groups excluding carboxylic acids is 1. The van der Waals surface area contributed by atoms with E-state index in [-0.39, 0.29) is 5.91 Å². The van der Waals surface area contributed by atoms with E-state index in [0.717, 1.165) is 18.5 Å². The minimum atomic E-state index is -0.0544. The van der Waals surface area contributed by atoms with Gasteiger partial charge in [-0.1, -0.05) is 12.8 Å². The molecule has 1 saturated carbocycles. The van der Waals surface area contributed by atoms with Crippen LogP contribution in [0.1, 0.15) is 41.9 Å². The Kier molecular flexibility index (Phi) is 2.52. The summed E-state index contributed by atoms with van der Waals surface area (Å²) in [6, 6.07) is 2.13. The summed E-state index contributed by atoms with van der Waals surface area (Å²) < 4.78 is 0. The first-order chi connectivity index (χ1) is 6.75. The van der Waals surface area contributed by atoms with E-state index in [1.807, 2.05) is 6.92 Å². The standard InChI is InChI=1S/C10H15N3O/c1-7-6-9(13-12-7)10(14)11-8-4-2-3-5-8/h6,8H,2-5H2,1H3,(H,11,14)(H,12,13). The number of aromatic nitrogens is 2. The molecule has 1 aromatic heterocycles. The molecule has 0 aromatic carbocycles. The maximum absolute atomic E-state index is 11.6. The number of aryl methyl sites for hydroxylation is 1. The predicted molar refractivity (Wildman–Crippen MR) is 53.0 cm³/mol. The van der Waals surface area contributed by atoms with Gasteiger partial charge in [0.05, 0.1) is 0 Å². The Bertz CT molecular complexity index is 326. The Morgan fingerprint density at radius 2 is 2.29 bits per heavy atom. The molecular formula is C10H15N3O. The quantitative estimate of drug-likeness (QED) is 0.745. The number of carbonyl (C=O) groups is 1. The van der Waals surface area contributed by atoms with Gasteiger partial charge in [-0.25, -0.2) is 0 Å². The molecule has 2 rings (SSSR count). The molecule has 1 heterocycles. The minimum absolute atomic E-state index is 0.0544. The molecule has 14 heavy (non-hydrogen) atoms. The first kappa shape index (κ1) is 9.24. The van der Waals surface area contributed by atoms with Crippen molar-refractivity contribution in [3.63, 3.8) is 0 Å². The smallest absolute Gasteiger partial charge is 0.271 e. The summed E-state index contributed by atoms with van der Waals surface area (Å²) >= 11 is 0. The van der Waals surface area contributed by atoms with Gasteiger partial charge in [0.15, 0.2) is 0 Å². The van der Waals surface area contributed by atoms with Gasteiger partial charge in [-0.15, -0.1) is 0 Å². The van der Waals surface area contributed by atoms with Crippen LogP contribution in [0.4, 0.5) is 0 Å². The van der Waals surface area contributed by atoms with Crippen molar-refractivity contribution in [1.82, 2.24) is 15.5 Å². The van der Waals surface area contributed by atoms with Crippen LogP contribution < -0.4 is 5.32 Å². The normalized spacial score (nSPS) is 17.2. The molecule has 0 bridgehead atoms. The predicted octanol–water partition coefficient (Wildman–Crippen LogP) is 1.39. The number of rotatable bonds is 2. The van der Waals surface area contributed by atoms with Crippen molar-refractivity contribution in [2.45, 2.75) is 38.6 Å². The van der Waals surface area contributed by atoms with E-state index in [1.165, 1.54) is 12.8 Å². The highest BCUT2D eigenvalue weighted by Gasteiger charge is 2.18. The van der Waals surface area contributed by atoms with E-state index in [1.54, 1.807) is 6.07 Å².